The van der Waals surface area contributed by atoms with E-state index in [4.69, 9.17) is 0 Å². The first-order valence-electron chi connectivity index (χ1n) is 5.83. The summed E-state index contributed by atoms with van der Waals surface area (Å²) in [6, 6.07) is 11.8. The van der Waals surface area contributed by atoms with Crippen LogP contribution in [0.3, 0.4) is 0 Å². The predicted molar refractivity (Wildman–Crippen MR) is 68.2 cm³/mol. The van der Waals surface area contributed by atoms with Gasteiger partial charge in [0.25, 0.3) is 5.56 Å². The van der Waals surface area contributed by atoms with Crippen LogP contribution in [0.1, 0.15) is 36.3 Å². The zero-order chi connectivity index (χ0) is 12.3. The van der Waals surface area contributed by atoms with E-state index in [9.17, 15) is 4.79 Å². The maximum atomic E-state index is 11.5. The Labute approximate surface area is 101 Å². The Bertz CT molecular complexity index is 546. The summed E-state index contributed by atoms with van der Waals surface area (Å²) in [5, 5.41) is 0. The average Bonchev–Trinajstić information content (AvgIpc) is 2.30. The molecule has 0 saturated heterocycles. The van der Waals surface area contributed by atoms with Gasteiger partial charge in [0, 0.05) is 12.0 Å². The molecule has 0 radical (unpaired) electrons. The fourth-order valence-electron chi connectivity index (χ4n) is 2.08. The van der Waals surface area contributed by atoms with E-state index >= 15 is 0 Å². The van der Waals surface area contributed by atoms with Gasteiger partial charge in [0.1, 0.15) is 5.82 Å². The third-order valence-electron chi connectivity index (χ3n) is 2.85. The molecule has 0 bridgehead atoms. The van der Waals surface area contributed by atoms with Crippen molar-refractivity contribution in [1.29, 1.82) is 0 Å². The molecule has 3 nitrogen and oxygen atoms in total. The Morgan fingerprint density at radius 3 is 2.59 bits per heavy atom. The number of nitrogens with zero attached hydrogens (tertiary/aromatic N) is 1. The minimum absolute atomic E-state index is 0.0816. The topological polar surface area (TPSA) is 45.8 Å². The first-order chi connectivity index (χ1) is 8.20. The van der Waals surface area contributed by atoms with Crippen LogP contribution in [0.15, 0.2) is 41.2 Å². The van der Waals surface area contributed by atoms with Gasteiger partial charge in [-0.3, -0.25) is 4.79 Å². The minimum Gasteiger partial charge on any atom is -0.311 e. The highest BCUT2D eigenvalue weighted by molar-refractivity contribution is 5.27. The quantitative estimate of drug-likeness (QED) is 0.877. The molecule has 2 rings (SSSR count). The summed E-state index contributed by atoms with van der Waals surface area (Å²) < 4.78 is 0. The lowest BCUT2D eigenvalue weighted by Gasteiger charge is -2.14. The van der Waals surface area contributed by atoms with Crippen LogP contribution in [0.4, 0.5) is 0 Å². The lowest BCUT2D eigenvalue weighted by atomic mass is 9.93. The van der Waals surface area contributed by atoms with Gasteiger partial charge < -0.3 is 4.98 Å². The monoisotopic (exact) mass is 228 g/mol. The number of aryl methyl sites for hydroxylation is 1. The second-order valence-electron chi connectivity index (χ2n) is 4.13. The molecule has 1 atom stereocenters. The molecule has 0 spiro atoms. The third-order valence-corrected chi connectivity index (χ3v) is 2.85. The summed E-state index contributed by atoms with van der Waals surface area (Å²) in [7, 11) is 0. The lowest BCUT2D eigenvalue weighted by molar-refractivity contribution is 0.735. The van der Waals surface area contributed by atoms with Crippen molar-refractivity contribution in [3.05, 3.63) is 63.8 Å². The minimum atomic E-state index is -0.0816. The number of H-pyrrole nitrogens is 1. The number of aromatic amines is 1. The maximum Gasteiger partial charge on any atom is 0.251 e. The van der Waals surface area contributed by atoms with Gasteiger partial charge in [-0.2, -0.15) is 0 Å². The molecular weight excluding hydrogens is 212 g/mol. The molecule has 0 saturated carbocycles. The molecule has 0 fully saturated rings. The van der Waals surface area contributed by atoms with Crippen LogP contribution in [0.25, 0.3) is 0 Å². The SMILES string of the molecule is CC[C@H](c1ccccc1)c1cc(=O)[nH]c(C)n1. The van der Waals surface area contributed by atoms with E-state index in [1.165, 1.54) is 5.56 Å². The Morgan fingerprint density at radius 2 is 2.00 bits per heavy atom. The predicted octanol–water partition coefficient (Wildman–Crippen LogP) is 2.62. The number of hydrogen-bond donors (Lipinski definition) is 1. The first-order valence-corrected chi connectivity index (χ1v) is 5.83. The number of nitrogens with one attached hydrogen (secondary N) is 1. The van der Waals surface area contributed by atoms with Gasteiger partial charge in [0.2, 0.25) is 0 Å². The molecule has 0 aliphatic rings. The molecule has 17 heavy (non-hydrogen) atoms. The van der Waals surface area contributed by atoms with Crippen molar-refractivity contribution >= 4 is 0 Å². The highest BCUT2D eigenvalue weighted by Gasteiger charge is 2.14. The molecule has 1 aromatic heterocycles. The Hall–Kier alpha value is -1.90. The van der Waals surface area contributed by atoms with Crippen LogP contribution >= 0.6 is 0 Å². The highest BCUT2D eigenvalue weighted by atomic mass is 16.1. The summed E-state index contributed by atoms with van der Waals surface area (Å²) in [5.74, 6) is 0.860. The number of aromatic nitrogens is 2. The van der Waals surface area contributed by atoms with Crippen molar-refractivity contribution in [2.75, 3.05) is 0 Å². The summed E-state index contributed by atoms with van der Waals surface area (Å²) >= 11 is 0. The molecule has 0 unspecified atom stereocenters. The largest absolute Gasteiger partial charge is 0.311 e. The van der Waals surface area contributed by atoms with Crippen molar-refractivity contribution in [2.24, 2.45) is 0 Å². The second-order valence-corrected chi connectivity index (χ2v) is 4.13. The summed E-state index contributed by atoms with van der Waals surface area (Å²) in [5.41, 5.74) is 1.97. The van der Waals surface area contributed by atoms with Gasteiger partial charge in [-0.05, 0) is 18.9 Å². The maximum absolute atomic E-state index is 11.5. The molecule has 0 amide bonds. The van der Waals surface area contributed by atoms with Gasteiger partial charge in [-0.1, -0.05) is 37.3 Å². The van der Waals surface area contributed by atoms with Crippen molar-refractivity contribution in [3.63, 3.8) is 0 Å². The molecule has 88 valence electrons. The zero-order valence-electron chi connectivity index (χ0n) is 10.1. The smallest absolute Gasteiger partial charge is 0.251 e. The van der Waals surface area contributed by atoms with Crippen molar-refractivity contribution in [1.82, 2.24) is 9.97 Å². The van der Waals surface area contributed by atoms with Gasteiger partial charge in [0.15, 0.2) is 0 Å². The lowest BCUT2D eigenvalue weighted by Crippen LogP contribution is -2.13. The van der Waals surface area contributed by atoms with E-state index in [1.54, 1.807) is 6.07 Å². The fraction of sp³-hybridized carbons (Fsp3) is 0.286. The van der Waals surface area contributed by atoms with Crippen molar-refractivity contribution < 1.29 is 0 Å². The van der Waals surface area contributed by atoms with E-state index in [1.807, 2.05) is 25.1 Å². The second kappa shape index (κ2) is 4.95. The normalized spacial score (nSPS) is 12.4. The Kier molecular flexibility index (Phi) is 3.38. The average molecular weight is 228 g/mol. The number of rotatable bonds is 3. The summed E-state index contributed by atoms with van der Waals surface area (Å²) in [6.07, 6.45) is 0.930. The molecule has 1 N–H and O–H groups in total. The number of hydrogen-bond acceptors (Lipinski definition) is 2. The third kappa shape index (κ3) is 2.61. The highest BCUT2D eigenvalue weighted by Crippen LogP contribution is 2.25. The van der Waals surface area contributed by atoms with Gasteiger partial charge >= 0.3 is 0 Å². The molecule has 0 aliphatic heterocycles. The molecular formula is C14H16N2O. The van der Waals surface area contributed by atoms with E-state index in [0.717, 1.165) is 12.1 Å². The van der Waals surface area contributed by atoms with E-state index in [-0.39, 0.29) is 11.5 Å². The van der Waals surface area contributed by atoms with Crippen LogP contribution in [-0.2, 0) is 0 Å². The molecule has 3 heteroatoms. The van der Waals surface area contributed by atoms with E-state index in [0.29, 0.717) is 5.82 Å². The van der Waals surface area contributed by atoms with Crippen LogP contribution in [0.2, 0.25) is 0 Å². The zero-order valence-corrected chi connectivity index (χ0v) is 10.1. The summed E-state index contributed by atoms with van der Waals surface area (Å²) in [6.45, 7) is 3.92. The van der Waals surface area contributed by atoms with Crippen LogP contribution < -0.4 is 5.56 Å². The summed E-state index contributed by atoms with van der Waals surface area (Å²) in [4.78, 5) is 18.6. The fourth-order valence-corrected chi connectivity index (χ4v) is 2.08. The van der Waals surface area contributed by atoms with Crippen LogP contribution in [-0.4, -0.2) is 9.97 Å². The van der Waals surface area contributed by atoms with Crippen LogP contribution in [0.5, 0.6) is 0 Å². The standard InChI is InChI=1S/C14H16N2O/c1-3-12(11-7-5-4-6-8-11)13-9-14(17)16-10(2)15-13/h4-9,12H,3H2,1-2H3,(H,15,16,17)/t12-/m1/s1. The van der Waals surface area contributed by atoms with Gasteiger partial charge in [0.05, 0.1) is 5.69 Å². The molecule has 0 aliphatic carbocycles. The first kappa shape index (κ1) is 11.6. The van der Waals surface area contributed by atoms with E-state index < -0.39 is 0 Å². The Balaban J connectivity index is 2.46. The van der Waals surface area contributed by atoms with Gasteiger partial charge in [-0.15, -0.1) is 0 Å². The molecule has 1 aromatic carbocycles. The van der Waals surface area contributed by atoms with Crippen molar-refractivity contribution in [2.45, 2.75) is 26.2 Å². The molecule has 2 aromatic rings. The van der Waals surface area contributed by atoms with Crippen LogP contribution in [0, 0.1) is 6.92 Å². The van der Waals surface area contributed by atoms with Crippen molar-refractivity contribution in [3.8, 4) is 0 Å². The Morgan fingerprint density at radius 1 is 1.29 bits per heavy atom. The molecule has 1 heterocycles. The van der Waals surface area contributed by atoms with Gasteiger partial charge in [-0.25, -0.2) is 4.98 Å². The van der Waals surface area contributed by atoms with E-state index in [2.05, 4.69) is 29.0 Å². The number of benzene rings is 1.